The molecule has 5 aliphatic rings. The van der Waals surface area contributed by atoms with Gasteiger partial charge in [-0.15, -0.1) is 0 Å². The summed E-state index contributed by atoms with van der Waals surface area (Å²) in [6.45, 7) is 6.45. The van der Waals surface area contributed by atoms with Gasteiger partial charge < -0.3 is 15.5 Å². The Morgan fingerprint density at radius 2 is 1.75 bits per heavy atom. The Balaban J connectivity index is 1.37. The molecule has 0 spiro atoms. The molecule has 0 radical (unpaired) electrons. The van der Waals surface area contributed by atoms with Crippen molar-refractivity contribution in [2.24, 2.45) is 46.3 Å². The molecule has 3 heteroatoms. The number of fused-ring (bicyclic) bond motifs is 5. The highest BCUT2D eigenvalue weighted by Crippen LogP contribution is 2.67. The second-order valence-electron chi connectivity index (χ2n) is 12.0. The summed E-state index contributed by atoms with van der Waals surface area (Å²) in [6.07, 6.45) is 14.4. The van der Waals surface area contributed by atoms with E-state index in [1.807, 2.05) is 0 Å². The predicted octanol–water partition coefficient (Wildman–Crippen LogP) is 4.37. The maximum Gasteiger partial charge on any atom is 0.0627 e. The Hall–Kier alpha value is -0.120. The van der Waals surface area contributed by atoms with Gasteiger partial charge >= 0.3 is 0 Å². The van der Waals surface area contributed by atoms with E-state index in [9.17, 15) is 10.2 Å². The van der Waals surface area contributed by atoms with Crippen molar-refractivity contribution in [3.8, 4) is 0 Å². The summed E-state index contributed by atoms with van der Waals surface area (Å²) in [5, 5.41) is 25.5. The average molecular weight is 390 g/mol. The molecule has 0 amide bonds. The molecule has 0 aromatic rings. The lowest BCUT2D eigenvalue weighted by Gasteiger charge is -2.64. The highest BCUT2D eigenvalue weighted by molar-refractivity contribution is 5.12. The van der Waals surface area contributed by atoms with E-state index in [0.29, 0.717) is 34.5 Å². The van der Waals surface area contributed by atoms with Gasteiger partial charge in [0.05, 0.1) is 6.10 Å². The Morgan fingerprint density at radius 3 is 2.46 bits per heavy atom. The van der Waals surface area contributed by atoms with Gasteiger partial charge in [0, 0.05) is 18.6 Å². The maximum atomic E-state index is 11.6. The minimum absolute atomic E-state index is 0.110. The summed E-state index contributed by atoms with van der Waals surface area (Å²) in [4.78, 5) is 0. The molecule has 0 bridgehead atoms. The fraction of sp³-hybridized carbons (Fsp3) is 1.00. The van der Waals surface area contributed by atoms with Crippen LogP contribution in [0.1, 0.15) is 84.5 Å². The smallest absolute Gasteiger partial charge is 0.0627 e. The molecular formula is C25H43NO2. The lowest BCUT2D eigenvalue weighted by Crippen LogP contribution is -2.62. The van der Waals surface area contributed by atoms with Gasteiger partial charge in [0.2, 0.25) is 0 Å². The van der Waals surface area contributed by atoms with E-state index in [0.717, 1.165) is 12.0 Å². The van der Waals surface area contributed by atoms with Crippen LogP contribution in [0.15, 0.2) is 0 Å². The second kappa shape index (κ2) is 7.24. The molecule has 0 aromatic carbocycles. The third-order valence-corrected chi connectivity index (χ3v) is 10.9. The molecule has 4 aliphatic carbocycles. The predicted molar refractivity (Wildman–Crippen MR) is 113 cm³/mol. The molecule has 1 heterocycles. The monoisotopic (exact) mass is 389 g/mol. The van der Waals surface area contributed by atoms with Crippen molar-refractivity contribution in [3.05, 3.63) is 0 Å². The lowest BCUT2D eigenvalue weighted by atomic mass is 9.42. The molecule has 28 heavy (non-hydrogen) atoms. The van der Waals surface area contributed by atoms with Gasteiger partial charge in [0.15, 0.2) is 0 Å². The van der Waals surface area contributed by atoms with Gasteiger partial charge in [-0.3, -0.25) is 0 Å². The number of hydrogen-bond donors (Lipinski definition) is 3. The largest absolute Gasteiger partial charge is 0.396 e. The quantitative estimate of drug-likeness (QED) is 0.669. The Bertz CT molecular complexity index is 577. The third kappa shape index (κ3) is 2.94. The third-order valence-electron chi connectivity index (χ3n) is 10.9. The van der Waals surface area contributed by atoms with Crippen LogP contribution in [0, 0.1) is 46.3 Å². The Morgan fingerprint density at radius 1 is 0.929 bits per heavy atom. The minimum Gasteiger partial charge on any atom is -0.396 e. The van der Waals surface area contributed by atoms with Crippen LogP contribution in [0.4, 0.5) is 0 Å². The van der Waals surface area contributed by atoms with Gasteiger partial charge in [-0.1, -0.05) is 20.3 Å². The summed E-state index contributed by atoms with van der Waals surface area (Å²) in [5.41, 5.74) is 0.796. The molecule has 3 N–H and O–H groups in total. The van der Waals surface area contributed by atoms with Gasteiger partial charge in [0.1, 0.15) is 0 Å². The molecule has 10 atom stereocenters. The molecule has 160 valence electrons. The summed E-state index contributed by atoms with van der Waals surface area (Å²) in [7, 11) is 0. The van der Waals surface area contributed by atoms with Crippen LogP contribution in [0.3, 0.4) is 0 Å². The number of hydrogen-bond acceptors (Lipinski definition) is 3. The van der Waals surface area contributed by atoms with Crippen LogP contribution >= 0.6 is 0 Å². The van der Waals surface area contributed by atoms with Crippen molar-refractivity contribution >= 4 is 0 Å². The molecule has 4 saturated carbocycles. The first-order valence-electron chi connectivity index (χ1n) is 12.5. The molecule has 0 aromatic heterocycles. The van der Waals surface area contributed by atoms with Crippen LogP contribution in [-0.2, 0) is 0 Å². The van der Waals surface area contributed by atoms with Crippen LogP contribution in [-0.4, -0.2) is 35.5 Å². The zero-order valence-electron chi connectivity index (χ0n) is 18.2. The topological polar surface area (TPSA) is 52.5 Å². The Kier molecular flexibility index (Phi) is 5.12. The second-order valence-corrected chi connectivity index (χ2v) is 12.0. The molecule has 5 fully saturated rings. The highest BCUT2D eigenvalue weighted by Gasteiger charge is 2.63. The van der Waals surface area contributed by atoms with Crippen LogP contribution in [0.5, 0.6) is 0 Å². The molecule has 1 aliphatic heterocycles. The van der Waals surface area contributed by atoms with Crippen LogP contribution < -0.4 is 5.32 Å². The van der Waals surface area contributed by atoms with E-state index in [-0.39, 0.29) is 18.6 Å². The summed E-state index contributed by atoms with van der Waals surface area (Å²) in [5.74, 6) is 3.25. The standard InChI is InChI=1S/C25H43NO2/c1-24-10-3-4-19(24)22-20(8-11-24)25(2)12-7-16(5-6-17-9-13-26-17)14-21(25)18(15-27)23(22)28/h16-23,26-28H,3-15H2,1-2H3/t16-,17?,18+,19-,20-,21?,22-,23+,24-,25+/m0/s1. The van der Waals surface area contributed by atoms with E-state index in [4.69, 9.17) is 0 Å². The number of rotatable bonds is 4. The molecular weight excluding hydrogens is 346 g/mol. The van der Waals surface area contributed by atoms with Crippen molar-refractivity contribution in [1.82, 2.24) is 5.32 Å². The molecule has 1 saturated heterocycles. The summed E-state index contributed by atoms with van der Waals surface area (Å²) < 4.78 is 0. The molecule has 3 nitrogen and oxygen atoms in total. The van der Waals surface area contributed by atoms with Crippen molar-refractivity contribution in [3.63, 3.8) is 0 Å². The average Bonchev–Trinajstić information content (AvgIpc) is 3.03. The van der Waals surface area contributed by atoms with Gasteiger partial charge in [-0.05, 0) is 111 Å². The Labute approximate surface area is 172 Å². The fourth-order valence-electron chi connectivity index (χ4n) is 9.05. The van der Waals surface area contributed by atoms with Gasteiger partial charge in [-0.25, -0.2) is 0 Å². The van der Waals surface area contributed by atoms with Crippen molar-refractivity contribution < 1.29 is 10.2 Å². The molecule has 2 unspecified atom stereocenters. The fourth-order valence-corrected chi connectivity index (χ4v) is 9.05. The van der Waals surface area contributed by atoms with Crippen molar-refractivity contribution in [1.29, 1.82) is 0 Å². The lowest BCUT2D eigenvalue weighted by molar-refractivity contribution is -0.201. The van der Waals surface area contributed by atoms with E-state index >= 15 is 0 Å². The maximum absolute atomic E-state index is 11.6. The van der Waals surface area contributed by atoms with Crippen molar-refractivity contribution in [2.75, 3.05) is 13.2 Å². The normalized spacial score (nSPS) is 55.7. The zero-order valence-corrected chi connectivity index (χ0v) is 18.2. The first kappa shape index (κ1) is 19.8. The van der Waals surface area contributed by atoms with Crippen LogP contribution in [0.2, 0.25) is 0 Å². The van der Waals surface area contributed by atoms with E-state index in [2.05, 4.69) is 19.2 Å². The summed E-state index contributed by atoms with van der Waals surface area (Å²) in [6, 6.07) is 0.765. The number of aliphatic hydroxyl groups excluding tert-OH is 2. The first-order chi connectivity index (χ1) is 13.5. The number of aliphatic hydroxyl groups is 2. The van der Waals surface area contributed by atoms with Gasteiger partial charge in [-0.2, -0.15) is 0 Å². The van der Waals surface area contributed by atoms with Crippen LogP contribution in [0.25, 0.3) is 0 Å². The first-order valence-corrected chi connectivity index (χ1v) is 12.5. The van der Waals surface area contributed by atoms with Crippen molar-refractivity contribution in [2.45, 2.75) is 96.6 Å². The van der Waals surface area contributed by atoms with E-state index < -0.39 is 0 Å². The SMILES string of the molecule is C[C@@]12CCC[C@H]1[C@@H]1[C@H](O)[C@H](CO)C3C[C@@H](CCC4CCN4)CC[C@]3(C)[C@H]1CC2. The summed E-state index contributed by atoms with van der Waals surface area (Å²) >= 11 is 0. The van der Waals surface area contributed by atoms with E-state index in [1.165, 1.54) is 77.2 Å². The highest BCUT2D eigenvalue weighted by atomic mass is 16.3. The van der Waals surface area contributed by atoms with Gasteiger partial charge in [0.25, 0.3) is 0 Å². The number of nitrogens with one attached hydrogen (secondary N) is 1. The van der Waals surface area contributed by atoms with E-state index in [1.54, 1.807) is 0 Å². The minimum atomic E-state index is -0.275. The molecule has 5 rings (SSSR count). The zero-order chi connectivity index (χ0) is 19.5.